The van der Waals surface area contributed by atoms with Crippen LogP contribution in [0.1, 0.15) is 29.8 Å². The van der Waals surface area contributed by atoms with Gasteiger partial charge in [0.1, 0.15) is 12.4 Å². The molecule has 0 unspecified atom stereocenters. The third kappa shape index (κ3) is 3.10. The van der Waals surface area contributed by atoms with E-state index in [0.717, 1.165) is 42.7 Å². The molecular formula is C21H23FN4O2. The van der Waals surface area contributed by atoms with Crippen LogP contribution in [0, 0.1) is 19.7 Å². The highest BCUT2D eigenvalue weighted by atomic mass is 19.1. The number of aromatic nitrogens is 3. The highest BCUT2D eigenvalue weighted by Gasteiger charge is 2.21. The first-order valence-corrected chi connectivity index (χ1v) is 9.54. The van der Waals surface area contributed by atoms with Gasteiger partial charge in [-0.2, -0.15) is 5.10 Å². The fourth-order valence-electron chi connectivity index (χ4n) is 3.99. The Morgan fingerprint density at radius 3 is 2.57 bits per heavy atom. The standard InChI is InChI=1S/C21H23FN4O2/c1-14-17-11-23-26(13-19(27)24-9-5-6-10-24)21(28)20(17)15(2)25(14)12-16-7-3-4-8-18(16)22/h3-4,7-8,11H,5-6,9-10,12-13H2,1-2H3. The molecule has 0 saturated carbocycles. The van der Waals surface area contributed by atoms with E-state index in [1.165, 1.54) is 10.7 Å². The van der Waals surface area contributed by atoms with Crippen molar-refractivity contribution in [3.8, 4) is 0 Å². The van der Waals surface area contributed by atoms with Crippen LogP contribution >= 0.6 is 0 Å². The molecule has 0 radical (unpaired) electrons. The van der Waals surface area contributed by atoms with E-state index in [-0.39, 0.29) is 23.8 Å². The Morgan fingerprint density at radius 1 is 1.14 bits per heavy atom. The Morgan fingerprint density at radius 2 is 1.86 bits per heavy atom. The van der Waals surface area contributed by atoms with Crippen LogP contribution in [0.15, 0.2) is 35.3 Å². The van der Waals surface area contributed by atoms with Crippen LogP contribution in [0.4, 0.5) is 4.39 Å². The summed E-state index contributed by atoms with van der Waals surface area (Å²) in [6.07, 6.45) is 3.64. The van der Waals surface area contributed by atoms with Gasteiger partial charge in [0.05, 0.1) is 18.1 Å². The summed E-state index contributed by atoms with van der Waals surface area (Å²) in [5, 5.41) is 5.51. The van der Waals surface area contributed by atoms with E-state index in [1.54, 1.807) is 29.3 Å². The molecular weight excluding hydrogens is 359 g/mol. The van der Waals surface area contributed by atoms with Gasteiger partial charge in [-0.25, -0.2) is 9.07 Å². The van der Waals surface area contributed by atoms with Crippen molar-refractivity contribution >= 4 is 16.7 Å². The molecule has 6 nitrogen and oxygen atoms in total. The lowest BCUT2D eigenvalue weighted by atomic mass is 10.2. The normalized spacial score (nSPS) is 14.2. The third-order valence-electron chi connectivity index (χ3n) is 5.64. The molecule has 146 valence electrons. The van der Waals surface area contributed by atoms with Crippen molar-refractivity contribution in [3.63, 3.8) is 0 Å². The summed E-state index contributed by atoms with van der Waals surface area (Å²) < 4.78 is 17.3. The predicted octanol–water partition coefficient (Wildman–Crippen LogP) is 2.62. The molecule has 1 saturated heterocycles. The summed E-state index contributed by atoms with van der Waals surface area (Å²) in [7, 11) is 0. The van der Waals surface area contributed by atoms with Crippen molar-refractivity contribution in [1.29, 1.82) is 0 Å². The minimum atomic E-state index is -0.280. The Labute approximate surface area is 162 Å². The van der Waals surface area contributed by atoms with Crippen molar-refractivity contribution < 1.29 is 9.18 Å². The number of halogens is 1. The van der Waals surface area contributed by atoms with Gasteiger partial charge in [-0.05, 0) is 32.8 Å². The summed E-state index contributed by atoms with van der Waals surface area (Å²) in [6.45, 7) is 5.53. The smallest absolute Gasteiger partial charge is 0.276 e. The fraction of sp³-hybridized carbons (Fsp3) is 0.381. The molecule has 28 heavy (non-hydrogen) atoms. The summed E-state index contributed by atoms with van der Waals surface area (Å²) >= 11 is 0. The number of hydrogen-bond acceptors (Lipinski definition) is 3. The number of amides is 1. The number of hydrogen-bond donors (Lipinski definition) is 0. The van der Waals surface area contributed by atoms with Gasteiger partial charge in [0.2, 0.25) is 5.91 Å². The molecule has 1 aliphatic rings. The molecule has 1 fully saturated rings. The van der Waals surface area contributed by atoms with E-state index in [4.69, 9.17) is 0 Å². The molecule has 0 bridgehead atoms. The summed E-state index contributed by atoms with van der Waals surface area (Å²) in [4.78, 5) is 27.2. The van der Waals surface area contributed by atoms with E-state index < -0.39 is 0 Å². The summed E-state index contributed by atoms with van der Waals surface area (Å²) in [6, 6.07) is 6.63. The van der Waals surface area contributed by atoms with Crippen LogP contribution in [0.25, 0.3) is 10.8 Å². The molecule has 2 aromatic heterocycles. The summed E-state index contributed by atoms with van der Waals surface area (Å²) in [5.74, 6) is -0.350. The largest absolute Gasteiger partial charge is 0.343 e. The Bertz CT molecular complexity index is 1110. The average molecular weight is 382 g/mol. The monoisotopic (exact) mass is 382 g/mol. The third-order valence-corrected chi connectivity index (χ3v) is 5.64. The van der Waals surface area contributed by atoms with Crippen molar-refractivity contribution in [2.45, 2.75) is 39.8 Å². The van der Waals surface area contributed by atoms with Gasteiger partial charge in [-0.3, -0.25) is 9.59 Å². The molecule has 3 heterocycles. The summed E-state index contributed by atoms with van der Waals surface area (Å²) in [5.41, 5.74) is 1.90. The Balaban J connectivity index is 1.72. The topological polar surface area (TPSA) is 60.1 Å². The van der Waals surface area contributed by atoms with Gasteiger partial charge >= 0.3 is 0 Å². The number of rotatable bonds is 4. The first kappa shape index (κ1) is 18.4. The molecule has 0 N–H and O–H groups in total. The highest BCUT2D eigenvalue weighted by Crippen LogP contribution is 2.23. The maximum absolute atomic E-state index is 14.1. The molecule has 4 rings (SSSR count). The van der Waals surface area contributed by atoms with Crippen molar-refractivity contribution in [1.82, 2.24) is 19.2 Å². The SMILES string of the molecule is Cc1c2cnn(CC(=O)N3CCCC3)c(=O)c2c(C)n1Cc1ccccc1F. The molecule has 3 aromatic rings. The number of aryl methyl sites for hydroxylation is 2. The lowest BCUT2D eigenvalue weighted by Gasteiger charge is -2.15. The highest BCUT2D eigenvalue weighted by molar-refractivity contribution is 5.87. The van der Waals surface area contributed by atoms with Crippen LogP contribution in [0.3, 0.4) is 0 Å². The van der Waals surface area contributed by atoms with E-state index in [0.29, 0.717) is 17.5 Å². The Kier molecular flexibility index (Phi) is 4.75. The van der Waals surface area contributed by atoms with Gasteiger partial charge in [-0.15, -0.1) is 0 Å². The second-order valence-corrected chi connectivity index (χ2v) is 7.33. The van der Waals surface area contributed by atoms with Gasteiger partial charge in [-0.1, -0.05) is 18.2 Å². The Hall–Kier alpha value is -2.96. The van der Waals surface area contributed by atoms with Crippen molar-refractivity contribution in [2.75, 3.05) is 13.1 Å². The van der Waals surface area contributed by atoms with Crippen LogP contribution in [0.5, 0.6) is 0 Å². The zero-order valence-electron chi connectivity index (χ0n) is 16.1. The minimum absolute atomic E-state index is 0.0498. The minimum Gasteiger partial charge on any atom is -0.343 e. The van der Waals surface area contributed by atoms with E-state index in [2.05, 4.69) is 5.10 Å². The predicted molar refractivity (Wildman–Crippen MR) is 105 cm³/mol. The average Bonchev–Trinajstić information content (AvgIpc) is 3.29. The van der Waals surface area contributed by atoms with E-state index >= 15 is 0 Å². The first-order valence-electron chi connectivity index (χ1n) is 9.54. The molecule has 1 aliphatic heterocycles. The number of carbonyl (C=O) groups is 1. The van der Waals surface area contributed by atoms with E-state index in [9.17, 15) is 14.0 Å². The molecule has 0 atom stereocenters. The molecule has 0 aliphatic carbocycles. The zero-order valence-corrected chi connectivity index (χ0v) is 16.1. The first-order chi connectivity index (χ1) is 13.5. The molecule has 1 aromatic carbocycles. The number of benzene rings is 1. The number of carbonyl (C=O) groups excluding carboxylic acids is 1. The van der Waals surface area contributed by atoms with E-state index in [1.807, 2.05) is 18.4 Å². The quantitative estimate of drug-likeness (QED) is 0.697. The zero-order chi connectivity index (χ0) is 19.8. The maximum atomic E-state index is 14.1. The van der Waals surface area contributed by atoms with Gasteiger partial charge in [0.15, 0.2) is 0 Å². The number of likely N-dealkylation sites (tertiary alicyclic amines) is 1. The van der Waals surface area contributed by atoms with Crippen LogP contribution in [-0.4, -0.2) is 38.2 Å². The van der Waals surface area contributed by atoms with Crippen LogP contribution < -0.4 is 5.56 Å². The second-order valence-electron chi connectivity index (χ2n) is 7.33. The lowest BCUT2D eigenvalue weighted by molar-refractivity contribution is -0.131. The fourth-order valence-corrected chi connectivity index (χ4v) is 3.99. The maximum Gasteiger partial charge on any atom is 0.276 e. The van der Waals surface area contributed by atoms with Crippen LogP contribution in [-0.2, 0) is 17.9 Å². The lowest BCUT2D eigenvalue weighted by Crippen LogP contribution is -2.35. The molecule has 7 heteroatoms. The number of fused-ring (bicyclic) bond motifs is 1. The van der Waals surface area contributed by atoms with Crippen LogP contribution in [0.2, 0.25) is 0 Å². The molecule has 0 spiro atoms. The van der Waals surface area contributed by atoms with Gasteiger partial charge < -0.3 is 9.47 Å². The number of nitrogens with zero attached hydrogens (tertiary/aromatic N) is 4. The van der Waals surface area contributed by atoms with Crippen molar-refractivity contribution in [2.24, 2.45) is 0 Å². The van der Waals surface area contributed by atoms with Crippen molar-refractivity contribution in [3.05, 3.63) is 63.6 Å². The molecule has 1 amide bonds. The van der Waals surface area contributed by atoms with Gasteiger partial charge in [0.25, 0.3) is 5.56 Å². The van der Waals surface area contributed by atoms with Gasteiger partial charge in [0, 0.05) is 35.4 Å². The second kappa shape index (κ2) is 7.22.